The molecule has 5 nitrogen and oxygen atoms in total. The van der Waals surface area contributed by atoms with Gasteiger partial charge >= 0.3 is 0 Å². The van der Waals surface area contributed by atoms with Gasteiger partial charge < -0.3 is 5.32 Å². The van der Waals surface area contributed by atoms with E-state index in [9.17, 15) is 9.59 Å². The molecular weight excluding hydrogens is 361 g/mol. The summed E-state index contributed by atoms with van der Waals surface area (Å²) in [6.45, 7) is 4.32. The molecule has 0 aliphatic heterocycles. The molecule has 0 radical (unpaired) electrons. The van der Waals surface area contributed by atoms with Gasteiger partial charge in [0.25, 0.3) is 5.56 Å². The van der Waals surface area contributed by atoms with Crippen LogP contribution in [0.5, 0.6) is 0 Å². The van der Waals surface area contributed by atoms with E-state index in [1.807, 2.05) is 0 Å². The summed E-state index contributed by atoms with van der Waals surface area (Å²) in [6.07, 6.45) is 4.65. The molecule has 2 aromatic rings. The third-order valence-electron chi connectivity index (χ3n) is 5.21. The van der Waals surface area contributed by atoms with Crippen LogP contribution in [0.3, 0.4) is 0 Å². The number of rotatable bonds is 3. The van der Waals surface area contributed by atoms with Gasteiger partial charge in [-0.05, 0) is 30.4 Å². The summed E-state index contributed by atoms with van der Waals surface area (Å²) in [7, 11) is 0. The summed E-state index contributed by atoms with van der Waals surface area (Å²) in [5.41, 5.74) is 0.0667. The van der Waals surface area contributed by atoms with Gasteiger partial charge in [0.05, 0.1) is 22.3 Å². The van der Waals surface area contributed by atoms with Crippen molar-refractivity contribution in [1.29, 1.82) is 0 Å². The minimum Gasteiger partial charge on any atom is -0.352 e. The molecule has 3 atom stereocenters. The predicted octanol–water partition coefficient (Wildman–Crippen LogP) is 3.64. The van der Waals surface area contributed by atoms with Crippen LogP contribution in [-0.4, -0.2) is 21.5 Å². The third kappa shape index (κ3) is 3.82. The second kappa shape index (κ2) is 7.34. The van der Waals surface area contributed by atoms with E-state index in [1.54, 1.807) is 6.07 Å². The van der Waals surface area contributed by atoms with Gasteiger partial charge in [-0.15, -0.1) is 0 Å². The number of carbonyl (C=O) groups excluding carboxylic acids is 1. The number of carbonyl (C=O) groups is 1. The van der Waals surface area contributed by atoms with Crippen LogP contribution >= 0.6 is 23.2 Å². The molecule has 7 heteroatoms. The van der Waals surface area contributed by atoms with Crippen LogP contribution in [0.25, 0.3) is 10.9 Å². The maximum atomic E-state index is 12.6. The lowest BCUT2D eigenvalue weighted by atomic mass is 9.78. The molecule has 1 N–H and O–H groups in total. The Balaban J connectivity index is 1.80. The Bertz CT molecular complexity index is 865. The summed E-state index contributed by atoms with van der Waals surface area (Å²) in [5, 5.41) is 4.06. The number of nitrogens with zero attached hydrogens (tertiary/aromatic N) is 2. The molecule has 1 saturated carbocycles. The smallest absolute Gasteiger partial charge is 0.261 e. The fraction of sp³-hybridized carbons (Fsp3) is 0.500. The monoisotopic (exact) mass is 381 g/mol. The second-order valence-corrected chi connectivity index (χ2v) is 7.75. The van der Waals surface area contributed by atoms with Gasteiger partial charge in [0, 0.05) is 11.1 Å². The van der Waals surface area contributed by atoms with Crippen LogP contribution in [0.2, 0.25) is 10.0 Å². The molecule has 0 unspecified atom stereocenters. The highest BCUT2D eigenvalue weighted by molar-refractivity contribution is 6.38. The molecule has 134 valence electrons. The van der Waals surface area contributed by atoms with Crippen LogP contribution in [0, 0.1) is 11.8 Å². The van der Waals surface area contributed by atoms with Crippen molar-refractivity contribution in [3.05, 3.63) is 38.9 Å². The average molecular weight is 382 g/mol. The maximum absolute atomic E-state index is 12.6. The number of hydrogen-bond donors (Lipinski definition) is 1. The van der Waals surface area contributed by atoms with Crippen LogP contribution in [0.15, 0.2) is 23.3 Å². The molecule has 1 heterocycles. The Kier molecular flexibility index (Phi) is 5.35. The van der Waals surface area contributed by atoms with Gasteiger partial charge in [0.2, 0.25) is 5.91 Å². The van der Waals surface area contributed by atoms with E-state index in [1.165, 1.54) is 23.4 Å². The minimum absolute atomic E-state index is 0.0660. The molecule has 1 aromatic heterocycles. The standard InChI is InChI=1S/C18H21Cl2N3O2/c1-10-4-3-5-15(11(10)2)22-16(24)8-23-9-21-17-13(18(23)25)6-12(19)7-14(17)20/h6-7,9-11,15H,3-5,8H2,1-2H3,(H,22,24)/t10-,11+,15-/m0/s1. The number of aromatic nitrogens is 2. The fourth-order valence-corrected chi connectivity index (χ4v) is 4.04. The first-order valence-electron chi connectivity index (χ1n) is 8.50. The van der Waals surface area contributed by atoms with Crippen molar-refractivity contribution in [1.82, 2.24) is 14.9 Å². The van der Waals surface area contributed by atoms with Crippen molar-refractivity contribution in [3.8, 4) is 0 Å². The number of halogens is 2. The summed E-state index contributed by atoms with van der Waals surface area (Å²) >= 11 is 12.0. The number of nitrogens with one attached hydrogen (secondary N) is 1. The lowest BCUT2D eigenvalue weighted by molar-refractivity contribution is -0.123. The number of hydrogen-bond acceptors (Lipinski definition) is 3. The van der Waals surface area contributed by atoms with Crippen molar-refractivity contribution in [2.24, 2.45) is 11.8 Å². The van der Waals surface area contributed by atoms with E-state index in [4.69, 9.17) is 23.2 Å². The van der Waals surface area contributed by atoms with Crippen molar-refractivity contribution in [2.75, 3.05) is 0 Å². The Morgan fingerprint density at radius 3 is 2.84 bits per heavy atom. The summed E-state index contributed by atoms with van der Waals surface area (Å²) < 4.78 is 1.29. The Morgan fingerprint density at radius 1 is 1.32 bits per heavy atom. The largest absolute Gasteiger partial charge is 0.352 e. The molecule has 1 aromatic carbocycles. The van der Waals surface area contributed by atoms with Crippen molar-refractivity contribution in [3.63, 3.8) is 0 Å². The molecular formula is C18H21Cl2N3O2. The lowest BCUT2D eigenvalue weighted by Crippen LogP contribution is -2.45. The summed E-state index contributed by atoms with van der Waals surface area (Å²) in [6, 6.07) is 3.22. The Hall–Kier alpha value is -1.59. The zero-order valence-corrected chi connectivity index (χ0v) is 15.8. The fourth-order valence-electron chi connectivity index (χ4n) is 3.50. The lowest BCUT2D eigenvalue weighted by Gasteiger charge is -2.34. The van der Waals surface area contributed by atoms with E-state index in [-0.39, 0.29) is 24.1 Å². The van der Waals surface area contributed by atoms with Gasteiger partial charge in [-0.1, -0.05) is 49.9 Å². The molecule has 1 amide bonds. The quantitative estimate of drug-likeness (QED) is 0.882. The number of benzene rings is 1. The third-order valence-corrected chi connectivity index (χ3v) is 5.72. The SMILES string of the molecule is C[C@H]1[C@@H](NC(=O)Cn2cnc3c(Cl)cc(Cl)cc3c2=O)CCC[C@@H]1C. The van der Waals surface area contributed by atoms with Crippen LogP contribution in [0.4, 0.5) is 0 Å². The first-order chi connectivity index (χ1) is 11.9. The summed E-state index contributed by atoms with van der Waals surface area (Å²) in [4.78, 5) is 29.2. The normalized spacial score (nSPS) is 23.6. The van der Waals surface area contributed by atoms with Gasteiger partial charge in [0.1, 0.15) is 6.54 Å². The highest BCUT2D eigenvalue weighted by Gasteiger charge is 2.28. The minimum atomic E-state index is -0.324. The number of amides is 1. The topological polar surface area (TPSA) is 64.0 Å². The van der Waals surface area contributed by atoms with Gasteiger partial charge in [0.15, 0.2) is 0 Å². The van der Waals surface area contributed by atoms with Crippen molar-refractivity contribution >= 4 is 40.0 Å². The van der Waals surface area contributed by atoms with Gasteiger partial charge in [-0.25, -0.2) is 4.98 Å². The zero-order valence-electron chi connectivity index (χ0n) is 14.3. The van der Waals surface area contributed by atoms with Gasteiger partial charge in [-0.2, -0.15) is 0 Å². The van der Waals surface area contributed by atoms with Crippen molar-refractivity contribution < 1.29 is 4.79 Å². The van der Waals surface area contributed by atoms with Crippen molar-refractivity contribution in [2.45, 2.75) is 45.7 Å². The van der Waals surface area contributed by atoms with Gasteiger partial charge in [-0.3, -0.25) is 14.2 Å². The Morgan fingerprint density at radius 2 is 2.08 bits per heavy atom. The molecule has 0 bridgehead atoms. The molecule has 25 heavy (non-hydrogen) atoms. The van der Waals surface area contributed by atoms with E-state index in [0.717, 1.165) is 12.8 Å². The molecule has 1 aliphatic carbocycles. The van der Waals surface area contributed by atoms with E-state index >= 15 is 0 Å². The highest BCUT2D eigenvalue weighted by atomic mass is 35.5. The van der Waals surface area contributed by atoms with E-state index in [0.29, 0.717) is 32.8 Å². The van der Waals surface area contributed by atoms with E-state index < -0.39 is 0 Å². The molecule has 1 aliphatic rings. The average Bonchev–Trinajstić information content (AvgIpc) is 2.55. The molecule has 0 spiro atoms. The second-order valence-electron chi connectivity index (χ2n) is 6.90. The molecule has 1 fully saturated rings. The molecule has 0 saturated heterocycles. The first kappa shape index (κ1) is 18.2. The summed E-state index contributed by atoms with van der Waals surface area (Å²) in [5.74, 6) is 0.845. The molecule has 3 rings (SSSR count). The Labute approximate surface area is 156 Å². The zero-order chi connectivity index (χ0) is 18.1. The highest BCUT2D eigenvalue weighted by Crippen LogP contribution is 2.29. The van der Waals surface area contributed by atoms with Crippen LogP contribution in [0.1, 0.15) is 33.1 Å². The number of fused-ring (bicyclic) bond motifs is 1. The van der Waals surface area contributed by atoms with Crippen LogP contribution in [-0.2, 0) is 11.3 Å². The predicted molar refractivity (Wildman–Crippen MR) is 100 cm³/mol. The first-order valence-corrected chi connectivity index (χ1v) is 9.26. The maximum Gasteiger partial charge on any atom is 0.261 e. The van der Waals surface area contributed by atoms with Crippen LogP contribution < -0.4 is 10.9 Å². The van der Waals surface area contributed by atoms with E-state index in [2.05, 4.69) is 24.1 Å².